The quantitative estimate of drug-likeness (QED) is 0.773. The molecule has 0 spiro atoms. The Bertz CT molecular complexity index is 284. The van der Waals surface area contributed by atoms with Gasteiger partial charge in [-0.1, -0.05) is 0 Å². The van der Waals surface area contributed by atoms with E-state index in [1.165, 1.54) is 84.6 Å². The van der Waals surface area contributed by atoms with Crippen LogP contribution in [0.25, 0.3) is 0 Å². The van der Waals surface area contributed by atoms with Gasteiger partial charge in [-0.2, -0.15) is 0 Å². The third-order valence-corrected chi connectivity index (χ3v) is 5.20. The van der Waals surface area contributed by atoms with E-state index in [9.17, 15) is 0 Å². The fraction of sp³-hybridized carbons (Fsp3) is 1.00. The molecule has 0 amide bonds. The van der Waals surface area contributed by atoms with Crippen molar-refractivity contribution >= 4 is 0 Å². The molecule has 0 aromatic carbocycles. The maximum absolute atomic E-state index is 3.71. The monoisotopic (exact) mass is 280 g/mol. The van der Waals surface area contributed by atoms with E-state index in [1.807, 2.05) is 0 Å². The summed E-state index contributed by atoms with van der Waals surface area (Å²) in [4.78, 5) is 7.80. The summed E-state index contributed by atoms with van der Waals surface area (Å²) < 4.78 is 0. The van der Waals surface area contributed by atoms with Crippen LogP contribution in [0.5, 0.6) is 0 Å². The van der Waals surface area contributed by atoms with Crippen molar-refractivity contribution in [2.24, 2.45) is 5.92 Å². The van der Waals surface area contributed by atoms with Crippen molar-refractivity contribution in [2.45, 2.75) is 31.7 Å². The third-order valence-electron chi connectivity index (χ3n) is 5.20. The van der Waals surface area contributed by atoms with Crippen molar-refractivity contribution in [3.8, 4) is 0 Å². The van der Waals surface area contributed by atoms with Gasteiger partial charge in [0.2, 0.25) is 0 Å². The summed E-state index contributed by atoms with van der Waals surface area (Å²) in [6.45, 7) is 11.5. The van der Waals surface area contributed by atoms with Gasteiger partial charge in [0.05, 0.1) is 0 Å². The number of hydrogen-bond acceptors (Lipinski definition) is 4. The van der Waals surface area contributed by atoms with E-state index in [-0.39, 0.29) is 0 Å². The summed E-state index contributed by atoms with van der Waals surface area (Å²) in [5, 5.41) is 3.71. The van der Waals surface area contributed by atoms with Gasteiger partial charge in [-0.25, -0.2) is 0 Å². The van der Waals surface area contributed by atoms with Crippen LogP contribution in [0.3, 0.4) is 0 Å². The number of likely N-dealkylation sites (tertiary alicyclic amines) is 1. The Morgan fingerprint density at radius 1 is 0.900 bits per heavy atom. The molecule has 0 aromatic rings. The maximum Gasteiger partial charge on any atom is 0.0110 e. The topological polar surface area (TPSA) is 21.8 Å². The molecule has 0 aromatic heterocycles. The number of rotatable bonds is 6. The minimum Gasteiger partial charge on any atom is -0.314 e. The number of piperidine rings is 1. The first-order valence-electron chi connectivity index (χ1n) is 8.66. The number of nitrogens with zero attached hydrogens (tertiary/aromatic N) is 3. The smallest absolute Gasteiger partial charge is 0.0110 e. The first kappa shape index (κ1) is 14.8. The molecule has 0 bridgehead atoms. The Labute approximate surface area is 124 Å². The number of hydrogen-bond donors (Lipinski definition) is 1. The zero-order valence-electron chi connectivity index (χ0n) is 13.2. The molecule has 1 atom stereocenters. The van der Waals surface area contributed by atoms with Gasteiger partial charge in [-0.05, 0) is 51.7 Å². The molecule has 1 saturated carbocycles. The third kappa shape index (κ3) is 4.69. The van der Waals surface area contributed by atoms with E-state index in [4.69, 9.17) is 0 Å². The van der Waals surface area contributed by atoms with Gasteiger partial charge >= 0.3 is 0 Å². The van der Waals surface area contributed by atoms with Crippen LogP contribution in [0, 0.1) is 5.92 Å². The van der Waals surface area contributed by atoms with Crippen molar-refractivity contribution in [1.29, 1.82) is 0 Å². The van der Waals surface area contributed by atoms with Crippen LogP contribution >= 0.6 is 0 Å². The van der Waals surface area contributed by atoms with E-state index in [0.717, 1.165) is 12.0 Å². The predicted octanol–water partition coefficient (Wildman–Crippen LogP) is 0.698. The average Bonchev–Trinajstić information content (AvgIpc) is 3.29. The van der Waals surface area contributed by atoms with Crippen LogP contribution in [0.4, 0.5) is 0 Å². The Morgan fingerprint density at radius 3 is 2.40 bits per heavy atom. The fourth-order valence-electron chi connectivity index (χ4n) is 3.50. The second kappa shape index (κ2) is 7.21. The molecule has 3 fully saturated rings. The highest BCUT2D eigenvalue weighted by molar-refractivity contribution is 4.84. The predicted molar refractivity (Wildman–Crippen MR) is 84.1 cm³/mol. The van der Waals surface area contributed by atoms with Gasteiger partial charge in [0.1, 0.15) is 0 Å². The highest BCUT2D eigenvalue weighted by atomic mass is 15.3. The number of likely N-dealkylation sites (N-methyl/N-ethyl adjacent to an activating group) is 1. The van der Waals surface area contributed by atoms with Crippen LogP contribution in [0.1, 0.15) is 25.7 Å². The van der Waals surface area contributed by atoms with Crippen molar-refractivity contribution in [2.75, 3.05) is 66.0 Å². The Balaban J connectivity index is 1.32. The molecular weight excluding hydrogens is 248 g/mol. The summed E-state index contributed by atoms with van der Waals surface area (Å²) in [5.74, 6) is 0.900. The highest BCUT2D eigenvalue weighted by Gasteiger charge is 2.25. The zero-order valence-corrected chi connectivity index (χ0v) is 13.2. The summed E-state index contributed by atoms with van der Waals surface area (Å²) in [6, 6.07) is 0.871. The lowest BCUT2D eigenvalue weighted by atomic mass is 9.98. The lowest BCUT2D eigenvalue weighted by Crippen LogP contribution is -2.48. The summed E-state index contributed by atoms with van der Waals surface area (Å²) in [7, 11) is 2.24. The van der Waals surface area contributed by atoms with Crippen molar-refractivity contribution < 1.29 is 0 Å². The molecule has 0 radical (unpaired) electrons. The summed E-state index contributed by atoms with van der Waals surface area (Å²) in [5.41, 5.74) is 0. The molecular formula is C16H32N4. The van der Waals surface area contributed by atoms with E-state index in [1.54, 1.807) is 0 Å². The summed E-state index contributed by atoms with van der Waals surface area (Å²) >= 11 is 0. The van der Waals surface area contributed by atoms with E-state index >= 15 is 0 Å². The first-order chi connectivity index (χ1) is 9.79. The van der Waals surface area contributed by atoms with E-state index < -0.39 is 0 Å². The average molecular weight is 280 g/mol. The lowest BCUT2D eigenvalue weighted by Gasteiger charge is -2.36. The van der Waals surface area contributed by atoms with Gasteiger partial charge in [-0.3, -0.25) is 4.90 Å². The van der Waals surface area contributed by atoms with Crippen LogP contribution in [0.2, 0.25) is 0 Å². The lowest BCUT2D eigenvalue weighted by molar-refractivity contribution is 0.115. The van der Waals surface area contributed by atoms with E-state index in [2.05, 4.69) is 27.1 Å². The maximum atomic E-state index is 3.71. The molecule has 2 aliphatic heterocycles. The van der Waals surface area contributed by atoms with E-state index in [0.29, 0.717) is 0 Å². The first-order valence-corrected chi connectivity index (χ1v) is 8.66. The SMILES string of the molecule is CN1CCN(CCN2CCCC(CNC3CC3)C2)CC1. The minimum atomic E-state index is 0.871. The van der Waals surface area contributed by atoms with Crippen LogP contribution in [-0.2, 0) is 0 Å². The largest absolute Gasteiger partial charge is 0.314 e. The van der Waals surface area contributed by atoms with Gasteiger partial charge in [0.25, 0.3) is 0 Å². The minimum absolute atomic E-state index is 0.871. The second-order valence-electron chi connectivity index (χ2n) is 7.14. The van der Waals surface area contributed by atoms with Crippen LogP contribution < -0.4 is 5.32 Å². The summed E-state index contributed by atoms with van der Waals surface area (Å²) in [6.07, 6.45) is 5.67. The normalized spacial score (nSPS) is 30.8. The van der Waals surface area contributed by atoms with Gasteiger partial charge in [0, 0.05) is 51.9 Å². The molecule has 1 aliphatic carbocycles. The molecule has 4 nitrogen and oxygen atoms in total. The van der Waals surface area contributed by atoms with Crippen molar-refractivity contribution in [1.82, 2.24) is 20.0 Å². The molecule has 3 rings (SSSR count). The number of nitrogens with one attached hydrogen (secondary N) is 1. The fourth-order valence-corrected chi connectivity index (χ4v) is 3.50. The second-order valence-corrected chi connectivity index (χ2v) is 7.14. The Morgan fingerprint density at radius 2 is 1.65 bits per heavy atom. The van der Waals surface area contributed by atoms with Crippen LogP contribution in [0.15, 0.2) is 0 Å². The highest BCUT2D eigenvalue weighted by Crippen LogP contribution is 2.21. The van der Waals surface area contributed by atoms with Crippen molar-refractivity contribution in [3.63, 3.8) is 0 Å². The molecule has 2 saturated heterocycles. The van der Waals surface area contributed by atoms with Gasteiger partial charge in [-0.15, -0.1) is 0 Å². The molecule has 1 N–H and O–H groups in total. The van der Waals surface area contributed by atoms with Crippen LogP contribution in [-0.4, -0.2) is 86.7 Å². The molecule has 2 heterocycles. The van der Waals surface area contributed by atoms with Gasteiger partial charge < -0.3 is 15.1 Å². The molecule has 20 heavy (non-hydrogen) atoms. The molecule has 116 valence electrons. The molecule has 4 heteroatoms. The zero-order chi connectivity index (χ0) is 13.8. The molecule has 3 aliphatic rings. The Hall–Kier alpha value is -0.160. The Kier molecular flexibility index (Phi) is 5.32. The number of piperazine rings is 1. The standard InChI is InChI=1S/C16H32N4/c1-18-7-9-19(10-8-18)11-12-20-6-2-3-15(14-20)13-17-16-4-5-16/h15-17H,2-14H2,1H3. The van der Waals surface area contributed by atoms with Crippen molar-refractivity contribution in [3.05, 3.63) is 0 Å². The van der Waals surface area contributed by atoms with Gasteiger partial charge in [0.15, 0.2) is 0 Å². The molecule has 1 unspecified atom stereocenters.